The van der Waals surface area contributed by atoms with Crippen LogP contribution in [0.4, 0.5) is 5.00 Å². The SMILES string of the molecule is CN(C)c1sc(=NC(C)(C)C)sc1-c1ccccc1. The predicted octanol–water partition coefficient (Wildman–Crippen LogP) is 4.24. The molecular weight excluding hydrogens is 272 g/mol. The summed E-state index contributed by atoms with van der Waals surface area (Å²) >= 11 is 3.55. The van der Waals surface area contributed by atoms with E-state index in [0.717, 1.165) is 3.98 Å². The third kappa shape index (κ3) is 3.67. The van der Waals surface area contributed by atoms with Gasteiger partial charge in [0, 0.05) is 14.1 Å². The summed E-state index contributed by atoms with van der Waals surface area (Å²) in [6, 6.07) is 10.5. The van der Waals surface area contributed by atoms with Gasteiger partial charge >= 0.3 is 0 Å². The van der Waals surface area contributed by atoms with Crippen molar-refractivity contribution in [2.24, 2.45) is 4.99 Å². The number of anilines is 1. The molecule has 102 valence electrons. The zero-order chi connectivity index (χ0) is 14.0. The van der Waals surface area contributed by atoms with Crippen molar-refractivity contribution < 1.29 is 0 Å². The molecule has 0 aliphatic rings. The minimum Gasteiger partial charge on any atom is -0.368 e. The van der Waals surface area contributed by atoms with Gasteiger partial charge in [0.2, 0.25) is 0 Å². The fourth-order valence-electron chi connectivity index (χ4n) is 1.67. The van der Waals surface area contributed by atoms with Gasteiger partial charge < -0.3 is 4.90 Å². The Kier molecular flexibility index (Phi) is 4.11. The van der Waals surface area contributed by atoms with Crippen LogP contribution in [0.2, 0.25) is 0 Å². The van der Waals surface area contributed by atoms with Crippen LogP contribution in [0.25, 0.3) is 10.4 Å². The molecule has 0 saturated carbocycles. The first-order valence-corrected chi connectivity index (χ1v) is 7.93. The van der Waals surface area contributed by atoms with Gasteiger partial charge in [-0.1, -0.05) is 41.7 Å². The van der Waals surface area contributed by atoms with E-state index < -0.39 is 0 Å². The van der Waals surface area contributed by atoms with Crippen LogP contribution in [0, 0.1) is 0 Å². The van der Waals surface area contributed by atoms with Gasteiger partial charge in [0.1, 0.15) is 5.00 Å². The van der Waals surface area contributed by atoms with Crippen LogP contribution in [0.5, 0.6) is 0 Å². The van der Waals surface area contributed by atoms with Crippen LogP contribution < -0.4 is 8.88 Å². The van der Waals surface area contributed by atoms with Crippen molar-refractivity contribution >= 4 is 27.7 Å². The van der Waals surface area contributed by atoms with Crippen molar-refractivity contribution in [2.45, 2.75) is 26.3 Å². The molecule has 0 aliphatic carbocycles. The summed E-state index contributed by atoms with van der Waals surface area (Å²) in [5.41, 5.74) is 1.24. The lowest BCUT2D eigenvalue weighted by Crippen LogP contribution is -2.13. The molecule has 0 N–H and O–H groups in total. The van der Waals surface area contributed by atoms with E-state index >= 15 is 0 Å². The van der Waals surface area contributed by atoms with E-state index in [9.17, 15) is 0 Å². The summed E-state index contributed by atoms with van der Waals surface area (Å²) < 4.78 is 1.13. The molecule has 2 aromatic rings. The molecule has 4 heteroatoms. The molecule has 1 aromatic heterocycles. The molecule has 0 spiro atoms. The van der Waals surface area contributed by atoms with Gasteiger partial charge in [0.25, 0.3) is 0 Å². The van der Waals surface area contributed by atoms with E-state index in [1.165, 1.54) is 15.4 Å². The molecule has 0 aliphatic heterocycles. The Morgan fingerprint density at radius 1 is 1.00 bits per heavy atom. The van der Waals surface area contributed by atoms with E-state index in [1.807, 2.05) is 0 Å². The monoisotopic (exact) mass is 292 g/mol. The largest absolute Gasteiger partial charge is 0.368 e. The Labute approximate surface area is 123 Å². The Morgan fingerprint density at radius 2 is 1.63 bits per heavy atom. The van der Waals surface area contributed by atoms with E-state index in [4.69, 9.17) is 4.99 Å². The summed E-state index contributed by atoms with van der Waals surface area (Å²) in [6.45, 7) is 6.41. The van der Waals surface area contributed by atoms with Crippen molar-refractivity contribution in [3.8, 4) is 10.4 Å². The smallest absolute Gasteiger partial charge is 0.168 e. The van der Waals surface area contributed by atoms with Gasteiger partial charge in [-0.2, -0.15) is 0 Å². The highest BCUT2D eigenvalue weighted by atomic mass is 32.2. The normalized spacial score (nSPS) is 12.8. The molecule has 0 amide bonds. The second kappa shape index (κ2) is 5.47. The highest BCUT2D eigenvalue weighted by Gasteiger charge is 2.13. The molecule has 0 radical (unpaired) electrons. The van der Waals surface area contributed by atoms with Crippen LogP contribution in [0.3, 0.4) is 0 Å². The highest BCUT2D eigenvalue weighted by Crippen LogP contribution is 2.36. The average molecular weight is 292 g/mol. The van der Waals surface area contributed by atoms with Gasteiger partial charge in [-0.05, 0) is 26.3 Å². The van der Waals surface area contributed by atoms with E-state index in [0.29, 0.717) is 0 Å². The first kappa shape index (κ1) is 14.3. The molecule has 0 unspecified atom stereocenters. The van der Waals surface area contributed by atoms with Crippen molar-refractivity contribution in [2.75, 3.05) is 19.0 Å². The average Bonchev–Trinajstić information content (AvgIpc) is 2.72. The fraction of sp³-hybridized carbons (Fsp3) is 0.400. The Bertz CT molecular complexity index is 601. The predicted molar refractivity (Wildman–Crippen MR) is 87.3 cm³/mol. The van der Waals surface area contributed by atoms with Crippen LogP contribution in [0.15, 0.2) is 35.3 Å². The van der Waals surface area contributed by atoms with E-state index in [2.05, 4.69) is 70.1 Å². The number of nitrogens with zero attached hydrogens (tertiary/aromatic N) is 2. The Morgan fingerprint density at radius 3 is 2.16 bits per heavy atom. The molecular formula is C15H20N2S2. The summed E-state index contributed by atoms with van der Waals surface area (Å²) in [5, 5.41) is 1.28. The molecule has 2 nitrogen and oxygen atoms in total. The lowest BCUT2D eigenvalue weighted by atomic mass is 10.1. The van der Waals surface area contributed by atoms with Crippen LogP contribution in [-0.2, 0) is 0 Å². The van der Waals surface area contributed by atoms with Crippen LogP contribution in [0.1, 0.15) is 20.8 Å². The maximum absolute atomic E-state index is 4.79. The topological polar surface area (TPSA) is 15.6 Å². The first-order chi connectivity index (χ1) is 8.87. The van der Waals surface area contributed by atoms with E-state index in [-0.39, 0.29) is 5.54 Å². The molecule has 0 atom stereocenters. The maximum Gasteiger partial charge on any atom is 0.168 e. The minimum atomic E-state index is -0.0289. The number of hydrogen-bond acceptors (Lipinski definition) is 4. The molecule has 0 bridgehead atoms. The second-order valence-corrected chi connectivity index (χ2v) is 7.88. The quantitative estimate of drug-likeness (QED) is 0.808. The van der Waals surface area contributed by atoms with Gasteiger partial charge in [0.15, 0.2) is 3.98 Å². The number of benzene rings is 1. The zero-order valence-electron chi connectivity index (χ0n) is 12.1. The van der Waals surface area contributed by atoms with Crippen molar-refractivity contribution in [1.82, 2.24) is 0 Å². The fourth-order valence-corrected chi connectivity index (χ4v) is 4.47. The first-order valence-electron chi connectivity index (χ1n) is 6.29. The number of hydrogen-bond donors (Lipinski definition) is 0. The van der Waals surface area contributed by atoms with Gasteiger partial charge in [-0.15, -0.1) is 11.3 Å². The summed E-state index contributed by atoms with van der Waals surface area (Å²) in [4.78, 5) is 8.27. The van der Waals surface area contributed by atoms with Crippen molar-refractivity contribution in [3.63, 3.8) is 0 Å². The zero-order valence-corrected chi connectivity index (χ0v) is 13.7. The van der Waals surface area contributed by atoms with Crippen LogP contribution in [-0.4, -0.2) is 19.6 Å². The maximum atomic E-state index is 4.79. The van der Waals surface area contributed by atoms with Crippen LogP contribution >= 0.6 is 22.7 Å². The summed E-state index contributed by atoms with van der Waals surface area (Å²) in [6.07, 6.45) is 0. The molecule has 1 heterocycles. The molecule has 1 aromatic carbocycles. The van der Waals surface area contributed by atoms with Crippen molar-refractivity contribution in [1.29, 1.82) is 0 Å². The summed E-state index contributed by atoms with van der Waals surface area (Å²) in [7, 11) is 4.18. The lowest BCUT2D eigenvalue weighted by Gasteiger charge is -2.11. The molecule has 2 rings (SSSR count). The Hall–Kier alpha value is -1.13. The third-order valence-electron chi connectivity index (χ3n) is 2.44. The minimum absolute atomic E-state index is 0.0289. The lowest BCUT2D eigenvalue weighted by molar-refractivity contribution is 0.572. The van der Waals surface area contributed by atoms with Gasteiger partial charge in [-0.25, -0.2) is 0 Å². The molecule has 0 fully saturated rings. The highest BCUT2D eigenvalue weighted by molar-refractivity contribution is 7.32. The van der Waals surface area contributed by atoms with Gasteiger partial charge in [-0.3, -0.25) is 4.99 Å². The van der Waals surface area contributed by atoms with Crippen molar-refractivity contribution in [3.05, 3.63) is 34.3 Å². The number of rotatable bonds is 2. The Balaban J connectivity index is 2.58. The summed E-state index contributed by atoms with van der Waals surface area (Å²) in [5.74, 6) is 0. The molecule has 0 saturated heterocycles. The van der Waals surface area contributed by atoms with E-state index in [1.54, 1.807) is 22.7 Å². The second-order valence-electron chi connectivity index (χ2n) is 5.65. The standard InChI is InChI=1S/C15H20N2S2/c1-15(2,3)16-14-18-12(13(19-14)17(4)5)11-9-7-6-8-10-11/h6-10H,1-5H3. The third-order valence-corrected chi connectivity index (χ3v) is 4.99. The molecule has 19 heavy (non-hydrogen) atoms. The van der Waals surface area contributed by atoms with Gasteiger partial charge in [0.05, 0.1) is 10.4 Å².